The predicted octanol–water partition coefficient (Wildman–Crippen LogP) is 4.57. The minimum absolute atomic E-state index is 0.0775. The number of likely N-dealkylation sites (N-methyl/N-ethyl adjacent to an activating group) is 1. The van der Waals surface area contributed by atoms with Crippen molar-refractivity contribution in [2.45, 2.75) is 18.9 Å². The number of thiazole rings is 1. The van der Waals surface area contributed by atoms with E-state index in [1.54, 1.807) is 29.5 Å². The molecule has 3 aromatic heterocycles. The normalized spacial score (nSPS) is 11.7. The Labute approximate surface area is 194 Å². The SMILES string of the molecule is CN(C(=O)Cc1csc(NC(=O)Cc2cccs2)n1)C(c1ccccc1)c1ccccn1. The van der Waals surface area contributed by atoms with E-state index in [9.17, 15) is 9.59 Å². The van der Waals surface area contributed by atoms with Gasteiger partial charge in [-0.3, -0.25) is 14.6 Å². The van der Waals surface area contributed by atoms with Crippen molar-refractivity contribution in [3.63, 3.8) is 0 Å². The molecule has 32 heavy (non-hydrogen) atoms. The molecule has 2 amide bonds. The zero-order chi connectivity index (χ0) is 22.3. The first kappa shape index (κ1) is 21.9. The van der Waals surface area contributed by atoms with Crippen LogP contribution in [0, 0.1) is 0 Å². The number of pyridine rings is 1. The first-order chi connectivity index (χ1) is 15.6. The highest BCUT2D eigenvalue weighted by Gasteiger charge is 2.25. The highest BCUT2D eigenvalue weighted by molar-refractivity contribution is 7.14. The van der Waals surface area contributed by atoms with Crippen molar-refractivity contribution in [2.75, 3.05) is 12.4 Å². The van der Waals surface area contributed by atoms with Crippen molar-refractivity contribution in [3.05, 3.63) is 99.4 Å². The van der Waals surface area contributed by atoms with Crippen LogP contribution in [0.2, 0.25) is 0 Å². The molecule has 0 saturated heterocycles. The summed E-state index contributed by atoms with van der Waals surface area (Å²) in [5.41, 5.74) is 2.42. The zero-order valence-electron chi connectivity index (χ0n) is 17.5. The maximum absolute atomic E-state index is 13.1. The topological polar surface area (TPSA) is 75.2 Å². The van der Waals surface area contributed by atoms with Gasteiger partial charge in [0.15, 0.2) is 5.13 Å². The standard InChI is InChI=1S/C24H22N4O2S2/c1-28(23(17-8-3-2-4-9-17)20-11-5-6-12-25-20)22(30)14-18-16-32-24(26-18)27-21(29)15-19-10-7-13-31-19/h2-13,16,23H,14-15H2,1H3,(H,26,27,29). The van der Waals surface area contributed by atoms with Gasteiger partial charge in [0.05, 0.1) is 30.3 Å². The number of aromatic nitrogens is 2. The lowest BCUT2D eigenvalue weighted by atomic mass is 10.0. The number of hydrogen-bond acceptors (Lipinski definition) is 6. The van der Waals surface area contributed by atoms with Crippen LogP contribution in [0.4, 0.5) is 5.13 Å². The lowest BCUT2D eigenvalue weighted by molar-refractivity contribution is -0.130. The lowest BCUT2D eigenvalue weighted by Gasteiger charge is -2.28. The average molecular weight is 463 g/mol. The third-order valence-electron chi connectivity index (χ3n) is 4.91. The molecule has 1 N–H and O–H groups in total. The first-order valence-electron chi connectivity index (χ1n) is 10.1. The molecule has 0 aliphatic heterocycles. The molecule has 0 spiro atoms. The van der Waals surface area contributed by atoms with E-state index in [-0.39, 0.29) is 24.3 Å². The molecular weight excluding hydrogens is 440 g/mol. The van der Waals surface area contributed by atoms with Gasteiger partial charge in [-0.2, -0.15) is 0 Å². The van der Waals surface area contributed by atoms with Crippen LogP contribution in [0.3, 0.4) is 0 Å². The highest BCUT2D eigenvalue weighted by Crippen LogP contribution is 2.27. The number of thiophene rings is 1. The van der Waals surface area contributed by atoms with Crippen molar-refractivity contribution in [2.24, 2.45) is 0 Å². The Morgan fingerprint density at radius 2 is 1.81 bits per heavy atom. The smallest absolute Gasteiger partial charge is 0.231 e. The molecule has 0 radical (unpaired) electrons. The van der Waals surface area contributed by atoms with E-state index in [4.69, 9.17) is 0 Å². The number of benzene rings is 1. The summed E-state index contributed by atoms with van der Waals surface area (Å²) in [5.74, 6) is -0.192. The quantitative estimate of drug-likeness (QED) is 0.416. The Hall–Kier alpha value is -3.36. The van der Waals surface area contributed by atoms with Gasteiger partial charge in [0.2, 0.25) is 11.8 Å². The molecule has 6 nitrogen and oxygen atoms in total. The largest absolute Gasteiger partial charge is 0.333 e. The van der Waals surface area contributed by atoms with Gasteiger partial charge in [0, 0.05) is 23.5 Å². The van der Waals surface area contributed by atoms with Gasteiger partial charge >= 0.3 is 0 Å². The minimum atomic E-state index is -0.298. The van der Waals surface area contributed by atoms with Crippen LogP contribution < -0.4 is 5.32 Å². The van der Waals surface area contributed by atoms with E-state index in [1.807, 2.05) is 71.4 Å². The fourth-order valence-electron chi connectivity index (χ4n) is 3.37. The third kappa shape index (κ3) is 5.46. The molecule has 0 saturated carbocycles. The van der Waals surface area contributed by atoms with Crippen LogP contribution in [-0.2, 0) is 22.4 Å². The van der Waals surface area contributed by atoms with Gasteiger partial charge in [-0.05, 0) is 29.1 Å². The number of nitrogens with zero attached hydrogens (tertiary/aromatic N) is 3. The molecule has 4 rings (SSSR count). The summed E-state index contributed by atoms with van der Waals surface area (Å²) in [6, 6.07) is 19.1. The third-order valence-corrected chi connectivity index (χ3v) is 6.59. The summed E-state index contributed by atoms with van der Waals surface area (Å²) < 4.78 is 0. The van der Waals surface area contributed by atoms with E-state index < -0.39 is 0 Å². The predicted molar refractivity (Wildman–Crippen MR) is 128 cm³/mol. The van der Waals surface area contributed by atoms with Crippen LogP contribution in [0.15, 0.2) is 77.6 Å². The number of nitrogens with one attached hydrogen (secondary N) is 1. The molecule has 0 fully saturated rings. The molecule has 162 valence electrons. The summed E-state index contributed by atoms with van der Waals surface area (Å²) in [5, 5.41) is 7.07. The van der Waals surface area contributed by atoms with Gasteiger partial charge < -0.3 is 10.2 Å². The summed E-state index contributed by atoms with van der Waals surface area (Å²) >= 11 is 2.87. The Morgan fingerprint density at radius 3 is 2.53 bits per heavy atom. The second-order valence-electron chi connectivity index (χ2n) is 7.20. The van der Waals surface area contributed by atoms with Gasteiger partial charge in [-0.1, -0.05) is 42.5 Å². The minimum Gasteiger partial charge on any atom is -0.333 e. The van der Waals surface area contributed by atoms with Crippen LogP contribution in [0.5, 0.6) is 0 Å². The monoisotopic (exact) mass is 462 g/mol. The molecule has 1 unspecified atom stereocenters. The summed E-state index contributed by atoms with van der Waals surface area (Å²) in [6.07, 6.45) is 2.19. The molecule has 0 aliphatic carbocycles. The number of amides is 2. The molecule has 3 heterocycles. The number of rotatable bonds is 8. The fourth-order valence-corrected chi connectivity index (χ4v) is 4.80. The van der Waals surface area contributed by atoms with Crippen molar-refractivity contribution in [1.29, 1.82) is 0 Å². The van der Waals surface area contributed by atoms with Gasteiger partial charge in [-0.15, -0.1) is 22.7 Å². The summed E-state index contributed by atoms with van der Waals surface area (Å²) in [4.78, 5) is 36.9. The average Bonchev–Trinajstić information content (AvgIpc) is 3.47. The Morgan fingerprint density at radius 1 is 1.00 bits per heavy atom. The van der Waals surface area contributed by atoms with Crippen molar-refractivity contribution >= 4 is 39.6 Å². The lowest BCUT2D eigenvalue weighted by Crippen LogP contribution is -2.33. The summed E-state index contributed by atoms with van der Waals surface area (Å²) in [7, 11) is 1.78. The zero-order valence-corrected chi connectivity index (χ0v) is 19.1. The second kappa shape index (κ2) is 10.3. The molecule has 8 heteroatoms. The molecule has 0 bridgehead atoms. The van der Waals surface area contributed by atoms with Crippen LogP contribution in [0.25, 0.3) is 0 Å². The number of anilines is 1. The van der Waals surface area contributed by atoms with E-state index in [0.717, 1.165) is 16.1 Å². The van der Waals surface area contributed by atoms with E-state index >= 15 is 0 Å². The van der Waals surface area contributed by atoms with Gasteiger partial charge in [0.25, 0.3) is 0 Å². The highest BCUT2D eigenvalue weighted by atomic mass is 32.1. The van der Waals surface area contributed by atoms with E-state index in [2.05, 4.69) is 15.3 Å². The summed E-state index contributed by atoms with van der Waals surface area (Å²) in [6.45, 7) is 0. The van der Waals surface area contributed by atoms with Crippen LogP contribution >= 0.6 is 22.7 Å². The number of hydrogen-bond donors (Lipinski definition) is 1. The second-order valence-corrected chi connectivity index (χ2v) is 9.09. The maximum Gasteiger partial charge on any atom is 0.231 e. The molecule has 1 atom stereocenters. The van der Waals surface area contributed by atoms with E-state index in [1.165, 1.54) is 11.3 Å². The Bertz CT molecular complexity index is 1120. The van der Waals surface area contributed by atoms with Crippen molar-refractivity contribution in [1.82, 2.24) is 14.9 Å². The number of carbonyl (C=O) groups excluding carboxylic acids is 2. The Balaban J connectivity index is 1.44. The van der Waals surface area contributed by atoms with Crippen molar-refractivity contribution < 1.29 is 9.59 Å². The van der Waals surface area contributed by atoms with E-state index in [0.29, 0.717) is 17.2 Å². The van der Waals surface area contributed by atoms with Crippen LogP contribution in [0.1, 0.15) is 27.9 Å². The maximum atomic E-state index is 13.1. The number of carbonyl (C=O) groups is 2. The Kier molecular flexibility index (Phi) is 7.03. The fraction of sp³-hybridized carbons (Fsp3) is 0.167. The molecule has 4 aromatic rings. The van der Waals surface area contributed by atoms with Crippen LogP contribution in [-0.4, -0.2) is 33.7 Å². The first-order valence-corrected chi connectivity index (χ1v) is 11.8. The van der Waals surface area contributed by atoms with Gasteiger partial charge in [-0.25, -0.2) is 4.98 Å². The molecule has 0 aliphatic rings. The van der Waals surface area contributed by atoms with Crippen molar-refractivity contribution in [3.8, 4) is 0 Å². The molecule has 1 aromatic carbocycles. The molecular formula is C24H22N4O2S2. The van der Waals surface area contributed by atoms with Gasteiger partial charge in [0.1, 0.15) is 0 Å².